The summed E-state index contributed by atoms with van der Waals surface area (Å²) >= 11 is 3.21. The number of nitrogen functional groups attached to an aromatic ring is 1. The Kier molecular flexibility index (Phi) is 4.42. The van der Waals surface area contributed by atoms with Gasteiger partial charge in [0.05, 0.1) is 6.61 Å². The van der Waals surface area contributed by atoms with Crippen LogP contribution in [0.1, 0.15) is 0 Å². The fraction of sp³-hybridized carbons (Fsp3) is 0.250. The third-order valence-corrected chi connectivity index (χ3v) is 4.19. The van der Waals surface area contributed by atoms with Crippen LogP contribution in [-0.4, -0.2) is 24.5 Å². The van der Waals surface area contributed by atoms with Crippen LogP contribution in [0.15, 0.2) is 34.7 Å². The molecule has 0 amide bonds. The third kappa shape index (κ3) is 3.21. The van der Waals surface area contributed by atoms with E-state index >= 15 is 0 Å². The molecule has 17 heavy (non-hydrogen) atoms. The molecular weight excluding hydrogens is 252 g/mol. The van der Waals surface area contributed by atoms with Crippen molar-refractivity contribution in [3.05, 3.63) is 30.3 Å². The van der Waals surface area contributed by atoms with Gasteiger partial charge in [-0.25, -0.2) is 4.98 Å². The Morgan fingerprint density at radius 3 is 2.82 bits per heavy atom. The van der Waals surface area contributed by atoms with Crippen LogP contribution in [0.4, 0.5) is 5.00 Å². The summed E-state index contributed by atoms with van der Waals surface area (Å²) in [4.78, 5) is 4.55. The van der Waals surface area contributed by atoms with Gasteiger partial charge >= 0.3 is 0 Å². The van der Waals surface area contributed by atoms with Crippen molar-refractivity contribution < 1.29 is 4.74 Å². The lowest BCUT2D eigenvalue weighted by molar-refractivity contribution is 0.218. The molecule has 0 bridgehead atoms. The Morgan fingerprint density at radius 2 is 2.12 bits per heavy atom. The van der Waals surface area contributed by atoms with E-state index in [0.717, 1.165) is 33.0 Å². The van der Waals surface area contributed by atoms with Crippen LogP contribution in [0.2, 0.25) is 0 Å². The van der Waals surface area contributed by atoms with Gasteiger partial charge in [0.25, 0.3) is 0 Å². The number of aromatic nitrogens is 1. The zero-order valence-electron chi connectivity index (χ0n) is 9.55. The monoisotopic (exact) mass is 266 g/mol. The average molecular weight is 266 g/mol. The smallest absolute Gasteiger partial charge is 0.152 e. The van der Waals surface area contributed by atoms with Gasteiger partial charge in [0.15, 0.2) is 4.34 Å². The molecule has 2 aromatic rings. The second-order valence-corrected chi connectivity index (χ2v) is 5.77. The Hall–Kier alpha value is -1.04. The van der Waals surface area contributed by atoms with E-state index in [4.69, 9.17) is 10.5 Å². The standard InChI is InChI=1S/C12H14N2OS2/c1-15-7-8-16-12-14-10(11(13)17-12)9-5-3-2-4-6-9/h2-6H,7-8,13H2,1H3. The van der Waals surface area contributed by atoms with E-state index in [9.17, 15) is 0 Å². The van der Waals surface area contributed by atoms with Crippen LogP contribution in [0.25, 0.3) is 11.3 Å². The van der Waals surface area contributed by atoms with Gasteiger partial charge < -0.3 is 10.5 Å². The van der Waals surface area contributed by atoms with Gasteiger partial charge in [-0.15, -0.1) is 0 Å². The molecule has 0 aliphatic rings. The number of nitrogens with two attached hydrogens (primary N) is 1. The lowest BCUT2D eigenvalue weighted by Gasteiger charge is -1.96. The van der Waals surface area contributed by atoms with Gasteiger partial charge in [-0.2, -0.15) is 0 Å². The summed E-state index contributed by atoms with van der Waals surface area (Å²) in [6.07, 6.45) is 0. The Labute approximate surface area is 109 Å². The minimum Gasteiger partial charge on any atom is -0.389 e. The highest BCUT2D eigenvalue weighted by Gasteiger charge is 2.10. The average Bonchev–Trinajstić information content (AvgIpc) is 2.72. The van der Waals surface area contributed by atoms with Crippen LogP contribution in [-0.2, 0) is 4.74 Å². The van der Waals surface area contributed by atoms with E-state index in [0.29, 0.717) is 0 Å². The van der Waals surface area contributed by atoms with E-state index < -0.39 is 0 Å². The Balaban J connectivity index is 2.14. The van der Waals surface area contributed by atoms with Gasteiger partial charge in [-0.1, -0.05) is 53.4 Å². The molecule has 90 valence electrons. The molecule has 1 heterocycles. The van der Waals surface area contributed by atoms with Gasteiger partial charge in [0, 0.05) is 18.4 Å². The molecule has 1 aromatic heterocycles. The van der Waals surface area contributed by atoms with Gasteiger partial charge in [-0.3, -0.25) is 0 Å². The second kappa shape index (κ2) is 6.05. The minimum atomic E-state index is 0.727. The lowest BCUT2D eigenvalue weighted by atomic mass is 10.2. The van der Waals surface area contributed by atoms with E-state index in [1.54, 1.807) is 18.9 Å². The van der Waals surface area contributed by atoms with Crippen LogP contribution in [0.5, 0.6) is 0 Å². The number of anilines is 1. The molecule has 2 N–H and O–H groups in total. The third-order valence-electron chi connectivity index (χ3n) is 2.19. The van der Waals surface area contributed by atoms with Crippen LogP contribution in [0, 0.1) is 0 Å². The molecule has 3 nitrogen and oxygen atoms in total. The van der Waals surface area contributed by atoms with Crippen molar-refractivity contribution in [2.45, 2.75) is 4.34 Å². The van der Waals surface area contributed by atoms with E-state index in [1.165, 1.54) is 11.3 Å². The molecule has 0 atom stereocenters. The number of rotatable bonds is 5. The normalized spacial score (nSPS) is 10.6. The number of benzene rings is 1. The molecule has 0 aliphatic heterocycles. The minimum absolute atomic E-state index is 0.727. The molecule has 0 radical (unpaired) electrons. The summed E-state index contributed by atoms with van der Waals surface area (Å²) in [5.74, 6) is 0.900. The van der Waals surface area contributed by atoms with Crippen molar-refractivity contribution in [2.24, 2.45) is 0 Å². The van der Waals surface area contributed by atoms with Gasteiger partial charge in [-0.05, 0) is 0 Å². The summed E-state index contributed by atoms with van der Waals surface area (Å²) in [5.41, 5.74) is 7.94. The van der Waals surface area contributed by atoms with E-state index in [-0.39, 0.29) is 0 Å². The number of methoxy groups -OCH3 is 1. The first-order chi connectivity index (χ1) is 8.31. The first-order valence-corrected chi connectivity index (χ1v) is 7.05. The predicted octanol–water partition coefficient (Wildman–Crippen LogP) is 3.13. The zero-order chi connectivity index (χ0) is 12.1. The molecule has 0 saturated heterocycles. The predicted molar refractivity (Wildman–Crippen MR) is 74.6 cm³/mol. The molecule has 0 unspecified atom stereocenters. The fourth-order valence-corrected chi connectivity index (χ4v) is 3.31. The Morgan fingerprint density at radius 1 is 1.35 bits per heavy atom. The largest absolute Gasteiger partial charge is 0.389 e. The number of hydrogen-bond acceptors (Lipinski definition) is 5. The van der Waals surface area contributed by atoms with E-state index in [1.807, 2.05) is 30.3 Å². The number of nitrogens with zero attached hydrogens (tertiary/aromatic N) is 1. The van der Waals surface area contributed by atoms with Crippen molar-refractivity contribution in [3.63, 3.8) is 0 Å². The summed E-state index contributed by atoms with van der Waals surface area (Å²) in [6.45, 7) is 0.727. The Bertz CT molecular complexity index is 471. The molecular formula is C12H14N2OS2. The molecule has 0 spiro atoms. The molecule has 2 rings (SSSR count). The highest BCUT2D eigenvalue weighted by molar-refractivity contribution is 8.01. The van der Waals surface area contributed by atoms with Crippen molar-refractivity contribution in [3.8, 4) is 11.3 Å². The first-order valence-electron chi connectivity index (χ1n) is 5.24. The summed E-state index contributed by atoms with van der Waals surface area (Å²) < 4.78 is 6.01. The number of thioether (sulfide) groups is 1. The topological polar surface area (TPSA) is 48.1 Å². The maximum absolute atomic E-state index is 5.99. The molecule has 0 fully saturated rings. The van der Waals surface area contributed by atoms with E-state index in [2.05, 4.69) is 4.98 Å². The van der Waals surface area contributed by atoms with Crippen LogP contribution >= 0.6 is 23.1 Å². The highest BCUT2D eigenvalue weighted by atomic mass is 32.2. The number of ether oxygens (including phenoxy) is 1. The van der Waals surface area contributed by atoms with Crippen LogP contribution in [0.3, 0.4) is 0 Å². The molecule has 0 saturated carbocycles. The maximum Gasteiger partial charge on any atom is 0.152 e. The van der Waals surface area contributed by atoms with Crippen LogP contribution < -0.4 is 5.73 Å². The van der Waals surface area contributed by atoms with Crippen molar-refractivity contribution in [1.82, 2.24) is 4.98 Å². The molecule has 0 aliphatic carbocycles. The van der Waals surface area contributed by atoms with Crippen molar-refractivity contribution in [2.75, 3.05) is 25.2 Å². The van der Waals surface area contributed by atoms with Crippen molar-refractivity contribution >= 4 is 28.1 Å². The summed E-state index contributed by atoms with van der Waals surface area (Å²) in [6, 6.07) is 10.0. The first kappa shape index (κ1) is 12.4. The number of hydrogen-bond donors (Lipinski definition) is 1. The molecule has 5 heteroatoms. The fourth-order valence-electron chi connectivity index (χ4n) is 1.39. The van der Waals surface area contributed by atoms with Gasteiger partial charge in [0.2, 0.25) is 0 Å². The summed E-state index contributed by atoms with van der Waals surface area (Å²) in [5, 5.41) is 0.774. The zero-order valence-corrected chi connectivity index (χ0v) is 11.2. The maximum atomic E-state index is 5.99. The molecule has 1 aromatic carbocycles. The highest BCUT2D eigenvalue weighted by Crippen LogP contribution is 2.35. The number of thiazole rings is 1. The second-order valence-electron chi connectivity index (χ2n) is 3.40. The quantitative estimate of drug-likeness (QED) is 0.667. The van der Waals surface area contributed by atoms with Gasteiger partial charge in [0.1, 0.15) is 10.7 Å². The van der Waals surface area contributed by atoms with Crippen molar-refractivity contribution in [1.29, 1.82) is 0 Å². The SMILES string of the molecule is COCCSc1nc(-c2ccccc2)c(N)s1. The summed E-state index contributed by atoms with van der Waals surface area (Å²) in [7, 11) is 1.70. The lowest BCUT2D eigenvalue weighted by Crippen LogP contribution is -1.90.